The number of halogens is 3. The summed E-state index contributed by atoms with van der Waals surface area (Å²) in [5.41, 5.74) is 6.60. The molecule has 2 N–H and O–H groups in total. The first-order valence-electron chi connectivity index (χ1n) is 8.03. The van der Waals surface area contributed by atoms with E-state index >= 15 is 0 Å². The molecule has 3 rings (SSSR count). The van der Waals surface area contributed by atoms with E-state index in [0.717, 1.165) is 25.7 Å². The number of aryl methyl sites for hydroxylation is 1. The largest absolute Gasteiger partial charge is 0.399 e. The summed E-state index contributed by atoms with van der Waals surface area (Å²) in [6, 6.07) is 12.7. The molecule has 0 saturated heterocycles. The summed E-state index contributed by atoms with van der Waals surface area (Å²) in [7, 11) is -4.18. The zero-order valence-electron chi connectivity index (χ0n) is 14.3. The summed E-state index contributed by atoms with van der Waals surface area (Å²) in [6.45, 7) is 1.02. The highest BCUT2D eigenvalue weighted by atomic mass is 32.2. The Morgan fingerprint density at radius 1 is 1.07 bits per heavy atom. The van der Waals surface area contributed by atoms with Crippen LogP contribution >= 0.6 is 11.3 Å². The Morgan fingerprint density at radius 3 is 2.30 bits per heavy atom. The van der Waals surface area contributed by atoms with Gasteiger partial charge in [0.25, 0.3) is 10.0 Å². The monoisotopic (exact) mass is 414 g/mol. The van der Waals surface area contributed by atoms with Gasteiger partial charge in [0.15, 0.2) is 0 Å². The maximum Gasteiger partial charge on any atom is 0.390 e. The average Bonchev–Trinajstić information content (AvgIpc) is 2.91. The first kappa shape index (κ1) is 19.5. The predicted octanol–water partition coefficient (Wildman–Crippen LogP) is 4.94. The van der Waals surface area contributed by atoms with E-state index < -0.39 is 29.2 Å². The van der Waals surface area contributed by atoms with E-state index in [-0.39, 0.29) is 9.90 Å². The smallest absolute Gasteiger partial charge is 0.390 e. The lowest BCUT2D eigenvalue weighted by Gasteiger charge is -2.24. The van der Waals surface area contributed by atoms with E-state index in [4.69, 9.17) is 5.73 Å². The van der Waals surface area contributed by atoms with Crippen molar-refractivity contribution in [2.45, 2.75) is 24.4 Å². The van der Waals surface area contributed by atoms with Gasteiger partial charge in [0.05, 0.1) is 11.3 Å². The van der Waals surface area contributed by atoms with E-state index in [1.807, 2.05) is 12.1 Å². The van der Waals surface area contributed by atoms with Crippen LogP contribution in [-0.4, -0.2) is 21.1 Å². The van der Waals surface area contributed by atoms with E-state index in [1.165, 1.54) is 24.3 Å². The lowest BCUT2D eigenvalue weighted by atomic mass is 10.2. The Bertz CT molecular complexity index is 1060. The summed E-state index contributed by atoms with van der Waals surface area (Å²) in [5.74, 6) is 0. The maximum atomic E-state index is 13.1. The fraction of sp³-hybridized carbons (Fsp3) is 0.222. The van der Waals surface area contributed by atoms with Crippen molar-refractivity contribution >= 4 is 42.1 Å². The molecule has 0 aliphatic heterocycles. The van der Waals surface area contributed by atoms with Crippen LogP contribution < -0.4 is 10.0 Å². The van der Waals surface area contributed by atoms with Crippen LogP contribution in [0.2, 0.25) is 0 Å². The Kier molecular flexibility index (Phi) is 5.09. The van der Waals surface area contributed by atoms with Crippen molar-refractivity contribution in [2.24, 2.45) is 0 Å². The second-order valence-electron chi connectivity index (χ2n) is 6.04. The molecule has 0 atom stereocenters. The number of benzene rings is 2. The summed E-state index contributed by atoms with van der Waals surface area (Å²) < 4.78 is 66.4. The second kappa shape index (κ2) is 7.05. The van der Waals surface area contributed by atoms with Gasteiger partial charge in [0.1, 0.15) is 5.00 Å². The SMILES string of the molecule is Cc1c(N(CCC(F)(F)F)S(=O)(=O)c2ccc(N)cc2)sc2ccccc12. The lowest BCUT2D eigenvalue weighted by Crippen LogP contribution is -2.34. The van der Waals surface area contributed by atoms with Crippen LogP contribution in [0, 0.1) is 6.92 Å². The lowest BCUT2D eigenvalue weighted by molar-refractivity contribution is -0.131. The molecule has 0 amide bonds. The number of alkyl halides is 3. The van der Waals surface area contributed by atoms with Crippen molar-refractivity contribution in [3.05, 3.63) is 54.1 Å². The van der Waals surface area contributed by atoms with Gasteiger partial charge in [-0.1, -0.05) is 18.2 Å². The van der Waals surface area contributed by atoms with Crippen LogP contribution in [0.3, 0.4) is 0 Å². The molecule has 4 nitrogen and oxygen atoms in total. The number of rotatable bonds is 5. The van der Waals surface area contributed by atoms with Gasteiger partial charge in [-0.05, 0) is 48.2 Å². The zero-order chi connectivity index (χ0) is 19.8. The minimum Gasteiger partial charge on any atom is -0.399 e. The highest BCUT2D eigenvalue weighted by Crippen LogP contribution is 2.40. The zero-order valence-corrected chi connectivity index (χ0v) is 16.0. The Morgan fingerprint density at radius 2 is 1.70 bits per heavy atom. The Labute approximate surface area is 159 Å². The summed E-state index contributed by atoms with van der Waals surface area (Å²) in [4.78, 5) is -0.101. The van der Waals surface area contributed by atoms with Crippen LogP contribution in [0.1, 0.15) is 12.0 Å². The van der Waals surface area contributed by atoms with Crippen molar-refractivity contribution < 1.29 is 21.6 Å². The minimum atomic E-state index is -4.47. The van der Waals surface area contributed by atoms with Gasteiger partial charge in [-0.15, -0.1) is 11.3 Å². The minimum absolute atomic E-state index is 0.101. The molecular weight excluding hydrogens is 397 g/mol. The molecule has 0 spiro atoms. The van der Waals surface area contributed by atoms with Gasteiger partial charge < -0.3 is 5.73 Å². The van der Waals surface area contributed by atoms with Crippen LogP contribution in [0.4, 0.5) is 23.9 Å². The first-order valence-corrected chi connectivity index (χ1v) is 10.3. The number of nitrogen functional groups attached to an aromatic ring is 1. The molecule has 144 valence electrons. The van der Waals surface area contributed by atoms with Crippen LogP contribution in [0.15, 0.2) is 53.4 Å². The van der Waals surface area contributed by atoms with E-state index in [9.17, 15) is 21.6 Å². The molecule has 0 radical (unpaired) electrons. The number of nitrogens with zero attached hydrogens (tertiary/aromatic N) is 1. The predicted molar refractivity (Wildman–Crippen MR) is 103 cm³/mol. The molecule has 0 fully saturated rings. The van der Waals surface area contributed by atoms with Gasteiger partial charge in [-0.25, -0.2) is 8.42 Å². The molecule has 1 aromatic heterocycles. The first-order chi connectivity index (χ1) is 12.6. The van der Waals surface area contributed by atoms with Gasteiger partial charge in [-0.2, -0.15) is 13.2 Å². The maximum absolute atomic E-state index is 13.1. The normalized spacial score (nSPS) is 12.4. The molecule has 0 saturated carbocycles. The number of fused-ring (bicyclic) bond motifs is 1. The van der Waals surface area contributed by atoms with Gasteiger partial charge in [0.2, 0.25) is 0 Å². The molecule has 0 aliphatic carbocycles. The topological polar surface area (TPSA) is 63.4 Å². The van der Waals surface area contributed by atoms with Crippen molar-refractivity contribution in [2.75, 3.05) is 16.6 Å². The van der Waals surface area contributed by atoms with Crippen LogP contribution in [0.25, 0.3) is 10.1 Å². The van der Waals surface area contributed by atoms with E-state index in [2.05, 4.69) is 0 Å². The van der Waals surface area contributed by atoms with Gasteiger partial charge >= 0.3 is 6.18 Å². The van der Waals surface area contributed by atoms with Crippen molar-refractivity contribution in [1.29, 1.82) is 0 Å². The molecule has 3 aromatic rings. The highest BCUT2D eigenvalue weighted by Gasteiger charge is 2.34. The molecule has 1 heterocycles. The van der Waals surface area contributed by atoms with Crippen LogP contribution in [0.5, 0.6) is 0 Å². The second-order valence-corrected chi connectivity index (χ2v) is 8.93. The third kappa shape index (κ3) is 4.03. The number of nitrogens with two attached hydrogens (primary N) is 1. The van der Waals surface area contributed by atoms with E-state index in [1.54, 1.807) is 19.1 Å². The number of hydrogen-bond acceptors (Lipinski definition) is 4. The Hall–Kier alpha value is -2.26. The fourth-order valence-corrected chi connectivity index (χ4v) is 5.70. The van der Waals surface area contributed by atoms with Crippen molar-refractivity contribution in [3.63, 3.8) is 0 Å². The molecule has 0 unspecified atom stereocenters. The molecular formula is C18H17F3N2O2S2. The van der Waals surface area contributed by atoms with E-state index in [0.29, 0.717) is 11.3 Å². The van der Waals surface area contributed by atoms with Crippen molar-refractivity contribution in [1.82, 2.24) is 0 Å². The number of hydrogen-bond donors (Lipinski definition) is 1. The molecule has 27 heavy (non-hydrogen) atoms. The van der Waals surface area contributed by atoms with Gasteiger partial charge in [0, 0.05) is 16.9 Å². The molecule has 0 bridgehead atoms. The quantitative estimate of drug-likeness (QED) is 0.602. The summed E-state index contributed by atoms with van der Waals surface area (Å²) >= 11 is 1.16. The summed E-state index contributed by atoms with van der Waals surface area (Å²) in [5, 5.41) is 1.11. The third-order valence-electron chi connectivity index (χ3n) is 4.11. The fourth-order valence-electron chi connectivity index (χ4n) is 2.73. The van der Waals surface area contributed by atoms with Crippen molar-refractivity contribution in [3.8, 4) is 0 Å². The highest BCUT2D eigenvalue weighted by molar-refractivity contribution is 7.93. The summed E-state index contributed by atoms with van der Waals surface area (Å²) in [6.07, 6.45) is -5.71. The molecule has 9 heteroatoms. The number of anilines is 2. The van der Waals surface area contributed by atoms with Gasteiger partial charge in [-0.3, -0.25) is 4.31 Å². The number of thiophene rings is 1. The number of sulfonamides is 1. The molecule has 2 aromatic carbocycles. The Balaban J connectivity index is 2.12. The van der Waals surface area contributed by atoms with Crippen LogP contribution in [-0.2, 0) is 10.0 Å². The average molecular weight is 414 g/mol. The standard InChI is InChI=1S/C18H17F3N2O2S2/c1-12-15-4-2-3-5-16(15)26-17(12)23(11-10-18(19,20)21)27(24,25)14-8-6-13(22)7-9-14/h2-9H,10-11,22H2,1H3. The molecule has 0 aliphatic rings. The third-order valence-corrected chi connectivity index (χ3v) is 7.34.